The number of imide groups is 2. The van der Waals surface area contributed by atoms with Crippen LogP contribution in [-0.2, 0) is 9.59 Å². The van der Waals surface area contributed by atoms with E-state index >= 15 is 0 Å². The van der Waals surface area contributed by atoms with Crippen LogP contribution in [0.3, 0.4) is 0 Å². The molecule has 8 rings (SSSR count). The van der Waals surface area contributed by atoms with Crippen molar-refractivity contribution in [3.8, 4) is 17.2 Å². The van der Waals surface area contributed by atoms with E-state index in [1.165, 1.54) is 11.1 Å². The molecule has 4 aliphatic rings. The quantitative estimate of drug-likeness (QED) is 0.189. The molecule has 1 unspecified atom stereocenters. The van der Waals surface area contributed by atoms with Crippen LogP contribution >= 0.6 is 0 Å². The van der Waals surface area contributed by atoms with Crippen molar-refractivity contribution in [2.75, 3.05) is 50.8 Å². The van der Waals surface area contributed by atoms with Gasteiger partial charge in [0.25, 0.3) is 11.8 Å². The molecule has 0 radical (unpaired) electrons. The van der Waals surface area contributed by atoms with Crippen LogP contribution in [0.5, 0.6) is 17.2 Å². The fraction of sp³-hybridized carbons (Fsp3) is 0.317. The van der Waals surface area contributed by atoms with E-state index in [9.17, 15) is 24.3 Å². The van der Waals surface area contributed by atoms with Crippen LogP contribution in [0.2, 0.25) is 0 Å². The molecule has 3 atom stereocenters. The predicted octanol–water partition coefficient (Wildman–Crippen LogP) is 4.69. The fourth-order valence-corrected chi connectivity index (χ4v) is 7.93. The van der Waals surface area contributed by atoms with Crippen LogP contribution in [0, 0.1) is 0 Å². The van der Waals surface area contributed by atoms with Crippen LogP contribution in [-0.4, -0.2) is 90.5 Å². The van der Waals surface area contributed by atoms with E-state index in [1.807, 2.05) is 30.3 Å². The molecule has 0 aromatic heterocycles. The van der Waals surface area contributed by atoms with Crippen LogP contribution in [0.4, 0.5) is 5.69 Å². The zero-order valence-electron chi connectivity index (χ0n) is 28.7. The summed E-state index contributed by atoms with van der Waals surface area (Å²) < 4.78 is 12.3. The summed E-state index contributed by atoms with van der Waals surface area (Å²) >= 11 is 0. The summed E-state index contributed by atoms with van der Waals surface area (Å²) in [6, 6.07) is 28.4. The monoisotopic (exact) mass is 700 g/mol. The summed E-state index contributed by atoms with van der Waals surface area (Å²) in [5, 5.41) is 12.3. The van der Waals surface area contributed by atoms with Gasteiger partial charge in [0.15, 0.2) is 0 Å². The van der Waals surface area contributed by atoms with Gasteiger partial charge in [0.2, 0.25) is 11.8 Å². The second-order valence-corrected chi connectivity index (χ2v) is 13.8. The van der Waals surface area contributed by atoms with E-state index in [2.05, 4.69) is 51.5 Å². The van der Waals surface area contributed by atoms with Gasteiger partial charge in [-0.15, -0.1) is 0 Å². The number of carbonyl (C=O) groups is 4. The standard InChI is InChI=1S/C41H40N4O7/c46-29-10-14-32-36(24-29)52-25-34(26-5-2-1-3-6-26)38(32)27-7-11-30(12-8-27)51-22-4-17-43-18-20-44(21-19-43)28-9-13-31-33(23-28)41(50)45(40(31)49)35-15-16-37(47)42-39(35)48/h1-3,5-14,23-24,34-35,38,46H,4,15-22,25H2,(H,42,47,48)/t34-,35?,38-/m1/s1. The predicted molar refractivity (Wildman–Crippen MR) is 193 cm³/mol. The molecule has 2 fully saturated rings. The van der Waals surface area contributed by atoms with Crippen molar-refractivity contribution >= 4 is 29.3 Å². The molecule has 4 aromatic carbocycles. The maximum absolute atomic E-state index is 13.3. The Morgan fingerprint density at radius 3 is 2.35 bits per heavy atom. The maximum atomic E-state index is 13.3. The molecule has 0 saturated carbocycles. The van der Waals surface area contributed by atoms with Gasteiger partial charge in [-0.2, -0.15) is 0 Å². The van der Waals surface area contributed by atoms with E-state index in [-0.39, 0.29) is 36.0 Å². The summed E-state index contributed by atoms with van der Waals surface area (Å²) in [7, 11) is 0. The Labute approximate surface area is 301 Å². The average Bonchev–Trinajstić information content (AvgIpc) is 3.41. The van der Waals surface area contributed by atoms with Crippen molar-refractivity contribution < 1.29 is 33.8 Å². The number of phenolic OH excluding ortho intramolecular Hbond substituents is 1. The molecule has 0 bridgehead atoms. The molecule has 4 amide bonds. The lowest BCUT2D eigenvalue weighted by Gasteiger charge is -2.36. The number of phenols is 1. The molecule has 52 heavy (non-hydrogen) atoms. The summed E-state index contributed by atoms with van der Waals surface area (Å²) in [6.07, 6.45) is 1.10. The van der Waals surface area contributed by atoms with Crippen molar-refractivity contribution in [3.63, 3.8) is 0 Å². The van der Waals surface area contributed by atoms with Crippen LogP contribution < -0.4 is 19.7 Å². The summed E-state index contributed by atoms with van der Waals surface area (Å²) in [5.41, 5.74) is 4.90. The number of nitrogens with zero attached hydrogens (tertiary/aromatic N) is 3. The van der Waals surface area contributed by atoms with Crippen LogP contribution in [0.25, 0.3) is 0 Å². The number of amides is 4. The zero-order chi connectivity index (χ0) is 35.8. The fourth-order valence-electron chi connectivity index (χ4n) is 7.93. The normalized spacial score (nSPS) is 21.7. The molecule has 2 N–H and O–H groups in total. The molecular formula is C41H40N4O7. The Morgan fingerprint density at radius 2 is 1.58 bits per heavy atom. The highest BCUT2D eigenvalue weighted by Crippen LogP contribution is 2.47. The summed E-state index contributed by atoms with van der Waals surface area (Å²) in [4.78, 5) is 55.9. The second kappa shape index (κ2) is 14.1. The van der Waals surface area contributed by atoms with Crippen LogP contribution in [0.1, 0.15) is 68.5 Å². The molecule has 4 heterocycles. The highest BCUT2D eigenvalue weighted by Gasteiger charge is 2.45. The molecule has 4 aliphatic heterocycles. The van der Waals surface area contributed by atoms with Gasteiger partial charge in [-0.1, -0.05) is 48.5 Å². The Kier molecular flexibility index (Phi) is 9.11. The second-order valence-electron chi connectivity index (χ2n) is 13.8. The number of anilines is 1. The first-order chi connectivity index (χ1) is 25.3. The average molecular weight is 701 g/mol. The van der Waals surface area contributed by atoms with Gasteiger partial charge in [-0.3, -0.25) is 34.3 Å². The third-order valence-corrected chi connectivity index (χ3v) is 10.7. The maximum Gasteiger partial charge on any atom is 0.262 e. The SMILES string of the molecule is O=C1CCC(N2C(=O)c3ccc(N4CCN(CCCOc5ccc([C@@H]6c7ccc(O)cc7OC[C@@H]6c6ccccc6)cc5)CC4)cc3C2=O)C(=O)N1. The largest absolute Gasteiger partial charge is 0.508 e. The van der Waals surface area contributed by atoms with E-state index in [0.717, 1.165) is 66.8 Å². The molecule has 2 saturated heterocycles. The number of rotatable bonds is 9. The minimum Gasteiger partial charge on any atom is -0.508 e. The molecule has 11 heteroatoms. The first-order valence-electron chi connectivity index (χ1n) is 17.9. The Hall–Kier alpha value is -5.68. The number of hydrogen-bond acceptors (Lipinski definition) is 9. The van der Waals surface area contributed by atoms with Gasteiger partial charge in [-0.25, -0.2) is 0 Å². The van der Waals surface area contributed by atoms with Gasteiger partial charge in [-0.05, 0) is 60.4 Å². The topological polar surface area (TPSA) is 129 Å². The molecule has 0 spiro atoms. The lowest BCUT2D eigenvalue weighted by atomic mass is 9.76. The van der Waals surface area contributed by atoms with Gasteiger partial charge in [0.1, 0.15) is 23.3 Å². The number of aromatic hydroxyl groups is 1. The van der Waals surface area contributed by atoms with Crippen molar-refractivity contribution in [1.29, 1.82) is 0 Å². The summed E-state index contributed by atoms with van der Waals surface area (Å²) in [6.45, 7) is 5.28. The third kappa shape index (κ3) is 6.48. The number of ether oxygens (including phenoxy) is 2. The molecule has 266 valence electrons. The number of fused-ring (bicyclic) bond motifs is 2. The molecule has 4 aromatic rings. The smallest absolute Gasteiger partial charge is 0.262 e. The first kappa shape index (κ1) is 33.5. The lowest BCUT2D eigenvalue weighted by molar-refractivity contribution is -0.136. The third-order valence-electron chi connectivity index (χ3n) is 10.7. The van der Waals surface area contributed by atoms with Crippen molar-refractivity contribution in [3.05, 3.63) is 119 Å². The highest BCUT2D eigenvalue weighted by molar-refractivity contribution is 6.23. The van der Waals surface area contributed by atoms with E-state index in [4.69, 9.17) is 9.47 Å². The number of nitrogens with one attached hydrogen (secondary N) is 1. The number of piperidine rings is 1. The number of carbonyl (C=O) groups excluding carboxylic acids is 4. The minimum absolute atomic E-state index is 0.0757. The van der Waals surface area contributed by atoms with Gasteiger partial charge >= 0.3 is 0 Å². The molecule has 0 aliphatic carbocycles. The van der Waals surface area contributed by atoms with E-state index < -0.39 is 29.7 Å². The molecular weight excluding hydrogens is 660 g/mol. The van der Waals surface area contributed by atoms with E-state index in [0.29, 0.717) is 18.8 Å². The summed E-state index contributed by atoms with van der Waals surface area (Å²) in [5.74, 6) is -0.0392. The van der Waals surface area contributed by atoms with Crippen LogP contribution in [0.15, 0.2) is 91.0 Å². The number of benzene rings is 4. The van der Waals surface area contributed by atoms with E-state index in [1.54, 1.807) is 24.3 Å². The lowest BCUT2D eigenvalue weighted by Crippen LogP contribution is -2.54. The van der Waals surface area contributed by atoms with Gasteiger partial charge in [0.05, 0.1) is 24.3 Å². The Balaban J connectivity index is 0.833. The van der Waals surface area contributed by atoms with Gasteiger partial charge in [0, 0.05) is 68.3 Å². The number of piperazine rings is 1. The first-order valence-corrected chi connectivity index (χ1v) is 17.9. The van der Waals surface area contributed by atoms with Gasteiger partial charge < -0.3 is 19.5 Å². The highest BCUT2D eigenvalue weighted by atomic mass is 16.5. The minimum atomic E-state index is -0.972. The van der Waals surface area contributed by atoms with Crippen molar-refractivity contribution in [2.24, 2.45) is 0 Å². The Morgan fingerprint density at radius 1 is 0.808 bits per heavy atom. The Bertz CT molecular complexity index is 2010. The molecule has 11 nitrogen and oxygen atoms in total. The number of hydrogen-bond donors (Lipinski definition) is 2. The zero-order valence-corrected chi connectivity index (χ0v) is 28.7. The van der Waals surface area contributed by atoms with Crippen molar-refractivity contribution in [1.82, 2.24) is 15.1 Å². The van der Waals surface area contributed by atoms with Crippen molar-refractivity contribution in [2.45, 2.75) is 37.1 Å².